The Morgan fingerprint density at radius 3 is 1.74 bits per heavy atom. The van der Waals surface area contributed by atoms with E-state index in [1.54, 1.807) is 42.5 Å². The van der Waals surface area contributed by atoms with E-state index in [4.69, 9.17) is 37.9 Å². The van der Waals surface area contributed by atoms with Crippen molar-refractivity contribution in [1.82, 2.24) is 0 Å². The van der Waals surface area contributed by atoms with Crippen LogP contribution in [0.25, 0.3) is 0 Å². The van der Waals surface area contributed by atoms with Crippen LogP contribution in [-0.2, 0) is 38.1 Å². The third kappa shape index (κ3) is 15.3. The Bertz CT molecular complexity index is 1860. The molecular formula is C48H58O13. The lowest BCUT2D eigenvalue weighted by Crippen LogP contribution is -2.27. The number of aldehydes is 1. The molecule has 328 valence electrons. The lowest BCUT2D eigenvalue weighted by Gasteiger charge is -2.28. The molecule has 13 heteroatoms. The van der Waals surface area contributed by atoms with E-state index in [9.17, 15) is 24.0 Å². The first-order chi connectivity index (χ1) is 29.6. The minimum atomic E-state index is -0.465. The summed E-state index contributed by atoms with van der Waals surface area (Å²) >= 11 is 0. The summed E-state index contributed by atoms with van der Waals surface area (Å²) < 4.78 is 45.0. The lowest BCUT2D eigenvalue weighted by atomic mass is 9.82. The van der Waals surface area contributed by atoms with Gasteiger partial charge in [0.2, 0.25) is 0 Å². The van der Waals surface area contributed by atoms with Crippen molar-refractivity contribution in [2.75, 3.05) is 39.6 Å². The Morgan fingerprint density at radius 1 is 0.623 bits per heavy atom. The second-order valence-electron chi connectivity index (χ2n) is 15.6. The highest BCUT2D eigenvalue weighted by Gasteiger charge is 2.31. The average molecular weight is 843 g/mol. The zero-order valence-electron chi connectivity index (χ0n) is 35.1. The molecule has 2 saturated carbocycles. The van der Waals surface area contributed by atoms with Crippen molar-refractivity contribution in [3.63, 3.8) is 0 Å². The zero-order chi connectivity index (χ0) is 43.4. The number of carbonyl (C=O) groups excluding carboxylic acids is 5. The van der Waals surface area contributed by atoms with Crippen LogP contribution < -0.4 is 18.9 Å². The van der Waals surface area contributed by atoms with Gasteiger partial charge in [0.05, 0.1) is 62.8 Å². The van der Waals surface area contributed by atoms with Gasteiger partial charge in [-0.2, -0.15) is 0 Å². The summed E-state index contributed by atoms with van der Waals surface area (Å²) in [5.41, 5.74) is 0.416. The standard InChI is InChI=1S/C48H58O13/c1-4-45(50)56-26-6-24-54-39-16-18-40(19-17-39)60-47(52)36-12-8-34(9-13-36)31-58-42-21-23-44(38(29-42)30-49)59-32-35-10-14-37(15-11-35)48(53)61-43-22-20-41(28-33(43)3)55-25-7-27-57-46(51)5-2/h4-5,16-23,29-30,33-37H,1-2,6-15,24-28,31-32H2,3H3. The van der Waals surface area contributed by atoms with Gasteiger partial charge in [0.15, 0.2) is 6.29 Å². The molecule has 2 fully saturated rings. The first-order valence-corrected chi connectivity index (χ1v) is 21.3. The molecule has 2 aromatic carbocycles. The number of hydrogen-bond acceptors (Lipinski definition) is 13. The molecule has 1 atom stereocenters. The predicted octanol–water partition coefficient (Wildman–Crippen LogP) is 8.46. The molecule has 3 aliphatic rings. The maximum Gasteiger partial charge on any atom is 0.330 e. The minimum Gasteiger partial charge on any atom is -0.498 e. The first-order valence-electron chi connectivity index (χ1n) is 21.3. The van der Waals surface area contributed by atoms with Crippen molar-refractivity contribution in [1.29, 1.82) is 0 Å². The molecule has 3 aliphatic carbocycles. The Kier molecular flexibility index (Phi) is 18.5. The van der Waals surface area contributed by atoms with Crippen LogP contribution in [0.5, 0.6) is 23.0 Å². The Morgan fingerprint density at radius 2 is 1.16 bits per heavy atom. The van der Waals surface area contributed by atoms with E-state index in [2.05, 4.69) is 13.2 Å². The van der Waals surface area contributed by atoms with Crippen molar-refractivity contribution < 1.29 is 61.9 Å². The number of ether oxygens (including phenoxy) is 8. The fourth-order valence-electron chi connectivity index (χ4n) is 7.42. The van der Waals surface area contributed by atoms with Gasteiger partial charge in [-0.05, 0) is 118 Å². The normalized spacial score (nSPS) is 21.0. The van der Waals surface area contributed by atoms with Crippen LogP contribution in [0.4, 0.5) is 0 Å². The highest BCUT2D eigenvalue weighted by atomic mass is 16.6. The summed E-state index contributed by atoms with van der Waals surface area (Å²) in [7, 11) is 0. The topological polar surface area (TPSA) is 159 Å². The van der Waals surface area contributed by atoms with Gasteiger partial charge in [-0.15, -0.1) is 0 Å². The van der Waals surface area contributed by atoms with Crippen LogP contribution in [0, 0.1) is 29.6 Å². The van der Waals surface area contributed by atoms with E-state index >= 15 is 0 Å². The molecule has 0 heterocycles. The highest BCUT2D eigenvalue weighted by Crippen LogP contribution is 2.35. The highest BCUT2D eigenvalue weighted by molar-refractivity contribution is 5.81. The summed E-state index contributed by atoms with van der Waals surface area (Å²) in [5.74, 6) is 2.37. The lowest BCUT2D eigenvalue weighted by molar-refractivity contribution is -0.147. The summed E-state index contributed by atoms with van der Waals surface area (Å²) in [4.78, 5) is 60.2. The number of benzene rings is 2. The van der Waals surface area contributed by atoms with Gasteiger partial charge in [-0.25, -0.2) is 9.59 Å². The van der Waals surface area contributed by atoms with Crippen LogP contribution in [0.2, 0.25) is 0 Å². The van der Waals surface area contributed by atoms with Crippen molar-refractivity contribution in [2.24, 2.45) is 29.6 Å². The van der Waals surface area contributed by atoms with Gasteiger partial charge in [-0.1, -0.05) is 20.1 Å². The van der Waals surface area contributed by atoms with Gasteiger partial charge < -0.3 is 37.9 Å². The Labute approximate surface area is 358 Å². The number of carbonyl (C=O) groups is 5. The maximum absolute atomic E-state index is 13.1. The number of rotatable bonds is 23. The van der Waals surface area contributed by atoms with E-state index in [1.165, 1.54) is 0 Å². The van der Waals surface area contributed by atoms with Crippen molar-refractivity contribution in [3.05, 3.63) is 97.0 Å². The summed E-state index contributed by atoms with van der Waals surface area (Å²) in [6, 6.07) is 12.1. The molecule has 1 unspecified atom stereocenters. The third-order valence-electron chi connectivity index (χ3n) is 11.1. The largest absolute Gasteiger partial charge is 0.498 e. The van der Waals surface area contributed by atoms with Crippen molar-refractivity contribution in [3.8, 4) is 23.0 Å². The molecule has 0 amide bonds. The molecule has 5 rings (SSSR count). The zero-order valence-corrected chi connectivity index (χ0v) is 35.1. The molecule has 0 radical (unpaired) electrons. The van der Waals surface area contributed by atoms with Gasteiger partial charge in [-0.3, -0.25) is 14.4 Å². The monoisotopic (exact) mass is 842 g/mol. The van der Waals surface area contributed by atoms with E-state index in [-0.39, 0.29) is 54.7 Å². The Hall–Kier alpha value is -5.85. The van der Waals surface area contributed by atoms with Gasteiger partial charge in [0.25, 0.3) is 0 Å². The SMILES string of the molecule is C=CC(=O)OCCCOC1=CC=C(OC(=O)C2CCC(COc3ccc(OCC4CCC(C(=O)Oc5ccc(OCCCOC(=O)C=C)cc5)CC4)cc3C=O)CC2)C(C)C1. The van der Waals surface area contributed by atoms with E-state index in [0.29, 0.717) is 106 Å². The van der Waals surface area contributed by atoms with E-state index in [0.717, 1.165) is 49.9 Å². The second-order valence-corrected chi connectivity index (χ2v) is 15.6. The van der Waals surface area contributed by atoms with Crippen molar-refractivity contribution >= 4 is 30.2 Å². The molecule has 2 aromatic rings. The Balaban J connectivity index is 0.953. The molecule has 0 bridgehead atoms. The summed E-state index contributed by atoms with van der Waals surface area (Å²) in [6.07, 6.45) is 14.4. The third-order valence-corrected chi connectivity index (χ3v) is 11.1. The summed E-state index contributed by atoms with van der Waals surface area (Å²) in [5, 5.41) is 0. The van der Waals surface area contributed by atoms with Gasteiger partial charge >= 0.3 is 23.9 Å². The fourth-order valence-corrected chi connectivity index (χ4v) is 7.42. The van der Waals surface area contributed by atoms with Crippen LogP contribution >= 0.6 is 0 Å². The van der Waals surface area contributed by atoms with Gasteiger partial charge in [0.1, 0.15) is 28.8 Å². The van der Waals surface area contributed by atoms with Crippen molar-refractivity contribution in [2.45, 2.75) is 77.6 Å². The molecule has 0 saturated heterocycles. The molecule has 0 aromatic heterocycles. The number of esters is 4. The first kappa shape index (κ1) is 46.2. The molecule has 0 N–H and O–H groups in total. The molecule has 0 spiro atoms. The smallest absolute Gasteiger partial charge is 0.330 e. The van der Waals surface area contributed by atoms with E-state index in [1.807, 2.05) is 19.1 Å². The van der Waals surface area contributed by atoms with Gasteiger partial charge in [0, 0.05) is 37.3 Å². The van der Waals surface area contributed by atoms with Crippen LogP contribution in [-0.4, -0.2) is 69.8 Å². The van der Waals surface area contributed by atoms with Crippen LogP contribution in [0.15, 0.2) is 91.4 Å². The summed E-state index contributed by atoms with van der Waals surface area (Å²) in [6.45, 7) is 10.9. The van der Waals surface area contributed by atoms with Crippen LogP contribution in [0.1, 0.15) is 87.9 Å². The minimum absolute atomic E-state index is 0.00463. The predicted molar refractivity (Wildman–Crippen MR) is 225 cm³/mol. The second kappa shape index (κ2) is 24.4. The molecule has 13 nitrogen and oxygen atoms in total. The quantitative estimate of drug-likeness (QED) is 0.0262. The molecular weight excluding hydrogens is 785 g/mol. The number of allylic oxidation sites excluding steroid dienone is 4. The average Bonchev–Trinajstić information content (AvgIpc) is 3.28. The number of hydrogen-bond donors (Lipinski definition) is 0. The van der Waals surface area contributed by atoms with Crippen LogP contribution in [0.3, 0.4) is 0 Å². The maximum atomic E-state index is 13.1. The molecule has 61 heavy (non-hydrogen) atoms. The molecule has 0 aliphatic heterocycles. The fraction of sp³-hybridized carbons (Fsp3) is 0.479. The van der Waals surface area contributed by atoms with E-state index < -0.39 is 11.9 Å².